The van der Waals surface area contributed by atoms with Crippen molar-refractivity contribution in [2.24, 2.45) is 0 Å². The van der Waals surface area contributed by atoms with Crippen molar-refractivity contribution in [3.05, 3.63) is 95.6 Å². The number of hydrogen-bond donors (Lipinski definition) is 0. The molecule has 0 aliphatic heterocycles. The molecule has 0 saturated heterocycles. The fraction of sp³-hybridized carbons (Fsp3) is 0.273. The van der Waals surface area contributed by atoms with Crippen LogP contribution in [0, 0.1) is 13.0 Å². The third-order valence-corrected chi connectivity index (χ3v) is 4.38. The van der Waals surface area contributed by atoms with Crippen LogP contribution in [-0.2, 0) is 51.0 Å². The quantitative estimate of drug-likeness (QED) is 0.455. The topological polar surface area (TPSA) is 0 Å². The van der Waals surface area contributed by atoms with Crippen molar-refractivity contribution >= 4 is 0 Å². The van der Waals surface area contributed by atoms with E-state index in [2.05, 4.69) is 70.3 Å². The summed E-state index contributed by atoms with van der Waals surface area (Å²) in [5.74, 6) is 0. The third kappa shape index (κ3) is 4.75. The Labute approximate surface area is 166 Å². The zero-order valence-electron chi connectivity index (χ0n) is 14.5. The molecule has 0 bridgehead atoms. The number of aryl methyl sites for hydroxylation is 1. The summed E-state index contributed by atoms with van der Waals surface area (Å²) in [5, 5.41) is 0. The van der Waals surface area contributed by atoms with E-state index in [1.54, 1.807) is 0 Å². The predicted molar refractivity (Wildman–Crippen MR) is 96.4 cm³/mol. The largest absolute Gasteiger partial charge is 0.180 e. The second-order valence-electron chi connectivity index (χ2n) is 6.35. The SMILES string of the molecule is C=CCc1[c-]ccc(C(C)(C)c2ccc(C)c(CC=C)c2)c1.[Y]. The summed E-state index contributed by atoms with van der Waals surface area (Å²) >= 11 is 0. The molecule has 23 heavy (non-hydrogen) atoms. The van der Waals surface area contributed by atoms with Crippen LogP contribution in [0.25, 0.3) is 0 Å². The maximum atomic E-state index is 3.87. The van der Waals surface area contributed by atoms with Gasteiger partial charge in [0, 0.05) is 32.7 Å². The summed E-state index contributed by atoms with van der Waals surface area (Å²) in [6, 6.07) is 16.5. The van der Waals surface area contributed by atoms with E-state index in [0.29, 0.717) is 0 Å². The Morgan fingerprint density at radius 3 is 2.30 bits per heavy atom. The first-order valence-corrected chi connectivity index (χ1v) is 7.82. The van der Waals surface area contributed by atoms with Crippen LogP contribution >= 0.6 is 0 Å². The molecule has 2 rings (SSSR count). The molecular formula is C22H25Y-. The van der Waals surface area contributed by atoms with Gasteiger partial charge in [-0.15, -0.1) is 18.7 Å². The molecular weight excluding hydrogens is 353 g/mol. The van der Waals surface area contributed by atoms with Crippen LogP contribution in [0.4, 0.5) is 0 Å². The summed E-state index contributed by atoms with van der Waals surface area (Å²) in [7, 11) is 0. The molecule has 0 spiro atoms. The van der Waals surface area contributed by atoms with Crippen LogP contribution in [0.3, 0.4) is 0 Å². The van der Waals surface area contributed by atoms with Crippen molar-refractivity contribution in [1.29, 1.82) is 0 Å². The van der Waals surface area contributed by atoms with Crippen LogP contribution < -0.4 is 0 Å². The molecule has 0 aliphatic rings. The molecule has 0 aromatic heterocycles. The van der Waals surface area contributed by atoms with E-state index in [-0.39, 0.29) is 38.1 Å². The second kappa shape index (κ2) is 8.76. The minimum atomic E-state index is -0.0331. The normalized spacial score (nSPS) is 10.7. The number of allylic oxidation sites excluding steroid dienone is 2. The maximum Gasteiger partial charge on any atom is 0 e. The first kappa shape index (κ1) is 20.1. The van der Waals surface area contributed by atoms with Crippen LogP contribution in [-0.4, -0.2) is 0 Å². The van der Waals surface area contributed by atoms with Crippen LogP contribution in [0.2, 0.25) is 0 Å². The van der Waals surface area contributed by atoms with Gasteiger partial charge in [0.25, 0.3) is 0 Å². The van der Waals surface area contributed by atoms with E-state index in [4.69, 9.17) is 0 Å². The molecule has 0 aliphatic carbocycles. The zero-order chi connectivity index (χ0) is 16.2. The Morgan fingerprint density at radius 1 is 1.00 bits per heavy atom. The molecule has 1 heteroatoms. The molecule has 0 nitrogen and oxygen atoms in total. The molecule has 117 valence electrons. The van der Waals surface area contributed by atoms with Gasteiger partial charge in [0.1, 0.15) is 0 Å². The smallest absolute Gasteiger partial charge is 0 e. The Hall–Kier alpha value is -0.976. The van der Waals surface area contributed by atoms with Crippen LogP contribution in [0.1, 0.15) is 41.7 Å². The Kier molecular flexibility index (Phi) is 7.64. The van der Waals surface area contributed by atoms with Gasteiger partial charge in [-0.05, 0) is 41.9 Å². The Bertz CT molecular complexity index is 680. The van der Waals surface area contributed by atoms with Crippen molar-refractivity contribution in [3.63, 3.8) is 0 Å². The van der Waals surface area contributed by atoms with Gasteiger partial charge in [-0.3, -0.25) is 0 Å². The molecule has 2 aromatic rings. The number of rotatable bonds is 6. The van der Waals surface area contributed by atoms with Crippen molar-refractivity contribution in [2.75, 3.05) is 0 Å². The first-order valence-electron chi connectivity index (χ1n) is 7.82. The molecule has 0 saturated carbocycles. The summed E-state index contributed by atoms with van der Waals surface area (Å²) in [6.07, 6.45) is 5.68. The number of benzene rings is 2. The standard InChI is InChI=1S/C22H25.Y/c1-6-9-18-11-8-12-20(15-18)22(4,5)21-14-13-17(3)19(16-21)10-7-2;/h6-8,12-16H,1-2,9-10H2,3-5H3;/q-1;. The zero-order valence-corrected chi connectivity index (χ0v) is 17.4. The fourth-order valence-corrected chi connectivity index (χ4v) is 2.78. The van der Waals surface area contributed by atoms with Gasteiger partial charge in [-0.25, -0.2) is 0 Å². The minimum absolute atomic E-state index is 0. The monoisotopic (exact) mass is 378 g/mol. The summed E-state index contributed by atoms with van der Waals surface area (Å²) in [4.78, 5) is 0. The van der Waals surface area contributed by atoms with E-state index in [1.165, 1.54) is 27.8 Å². The predicted octanol–water partition coefficient (Wildman–Crippen LogP) is 5.58. The second-order valence-corrected chi connectivity index (χ2v) is 6.35. The van der Waals surface area contributed by atoms with E-state index >= 15 is 0 Å². The molecule has 0 heterocycles. The molecule has 0 fully saturated rings. The van der Waals surface area contributed by atoms with Crippen molar-refractivity contribution in [2.45, 2.75) is 39.0 Å². The molecule has 0 atom stereocenters. The van der Waals surface area contributed by atoms with Gasteiger partial charge in [0.15, 0.2) is 0 Å². The van der Waals surface area contributed by atoms with Crippen LogP contribution in [0.5, 0.6) is 0 Å². The van der Waals surface area contributed by atoms with Gasteiger partial charge in [0.05, 0.1) is 0 Å². The minimum Gasteiger partial charge on any atom is -0.180 e. The van der Waals surface area contributed by atoms with Gasteiger partial charge < -0.3 is 0 Å². The summed E-state index contributed by atoms with van der Waals surface area (Å²) < 4.78 is 0. The first-order chi connectivity index (χ1) is 10.5. The Balaban J connectivity index is 0.00000264. The average Bonchev–Trinajstić information content (AvgIpc) is 2.50. The van der Waals surface area contributed by atoms with Crippen molar-refractivity contribution < 1.29 is 32.7 Å². The van der Waals surface area contributed by atoms with E-state index in [1.807, 2.05) is 18.2 Å². The average molecular weight is 378 g/mol. The van der Waals surface area contributed by atoms with Gasteiger partial charge >= 0.3 is 0 Å². The maximum absolute atomic E-state index is 3.87. The fourth-order valence-electron chi connectivity index (χ4n) is 2.78. The number of hydrogen-bond acceptors (Lipinski definition) is 0. The van der Waals surface area contributed by atoms with Crippen LogP contribution in [0.15, 0.2) is 61.7 Å². The van der Waals surface area contributed by atoms with Crippen molar-refractivity contribution in [1.82, 2.24) is 0 Å². The molecule has 1 radical (unpaired) electrons. The molecule has 2 aromatic carbocycles. The molecule has 0 N–H and O–H groups in total. The Morgan fingerprint density at radius 2 is 1.65 bits per heavy atom. The molecule has 0 amide bonds. The summed E-state index contributed by atoms with van der Waals surface area (Å²) in [6.45, 7) is 14.4. The summed E-state index contributed by atoms with van der Waals surface area (Å²) in [5.41, 5.74) is 6.50. The van der Waals surface area contributed by atoms with Gasteiger partial charge in [0.2, 0.25) is 0 Å². The van der Waals surface area contributed by atoms with E-state index < -0.39 is 0 Å². The van der Waals surface area contributed by atoms with E-state index in [9.17, 15) is 0 Å². The van der Waals surface area contributed by atoms with Gasteiger partial charge in [-0.1, -0.05) is 44.2 Å². The van der Waals surface area contributed by atoms with E-state index in [0.717, 1.165) is 12.8 Å². The van der Waals surface area contributed by atoms with Gasteiger partial charge in [-0.2, -0.15) is 29.8 Å². The third-order valence-electron chi connectivity index (χ3n) is 4.38. The van der Waals surface area contributed by atoms with Crippen molar-refractivity contribution in [3.8, 4) is 0 Å². The molecule has 0 unspecified atom stereocenters.